The van der Waals surface area contributed by atoms with Gasteiger partial charge in [0.25, 0.3) is 0 Å². The maximum Gasteiger partial charge on any atom is 0.220 e. The zero-order valence-electron chi connectivity index (χ0n) is 9.37. The maximum absolute atomic E-state index is 11.6. The molecule has 3 unspecified atom stereocenters. The summed E-state index contributed by atoms with van der Waals surface area (Å²) in [5.74, 6) is 1.93. The SMILES string of the molecule is NCCCCC(=O)NC1CC2CCC1C2. The van der Waals surface area contributed by atoms with Crippen LogP contribution in [-0.2, 0) is 4.79 Å². The van der Waals surface area contributed by atoms with Crippen LogP contribution in [-0.4, -0.2) is 18.5 Å². The van der Waals surface area contributed by atoms with Crippen LogP contribution in [0.2, 0.25) is 0 Å². The van der Waals surface area contributed by atoms with Crippen molar-refractivity contribution in [2.45, 2.75) is 51.0 Å². The molecule has 0 heterocycles. The first-order chi connectivity index (χ1) is 7.29. The Labute approximate surface area is 91.8 Å². The van der Waals surface area contributed by atoms with Crippen LogP contribution in [0.15, 0.2) is 0 Å². The number of nitrogens with two attached hydrogens (primary N) is 1. The molecule has 3 atom stereocenters. The van der Waals surface area contributed by atoms with E-state index in [0.29, 0.717) is 19.0 Å². The summed E-state index contributed by atoms with van der Waals surface area (Å²) in [6.07, 6.45) is 7.86. The van der Waals surface area contributed by atoms with Crippen LogP contribution in [0.25, 0.3) is 0 Å². The second-order valence-corrected chi connectivity index (χ2v) is 5.09. The molecular formula is C12H22N2O. The van der Waals surface area contributed by atoms with E-state index in [4.69, 9.17) is 5.73 Å². The summed E-state index contributed by atoms with van der Waals surface area (Å²) in [6.45, 7) is 0.696. The Morgan fingerprint density at radius 1 is 1.27 bits per heavy atom. The Kier molecular flexibility index (Phi) is 3.62. The van der Waals surface area contributed by atoms with Crippen molar-refractivity contribution < 1.29 is 4.79 Å². The van der Waals surface area contributed by atoms with E-state index in [9.17, 15) is 4.79 Å². The second kappa shape index (κ2) is 4.97. The number of carbonyl (C=O) groups excluding carboxylic acids is 1. The van der Waals surface area contributed by atoms with Crippen LogP contribution in [0.4, 0.5) is 0 Å². The lowest BCUT2D eigenvalue weighted by Crippen LogP contribution is -2.38. The van der Waals surface area contributed by atoms with Crippen molar-refractivity contribution in [3.05, 3.63) is 0 Å². The highest BCUT2D eigenvalue weighted by atomic mass is 16.1. The second-order valence-electron chi connectivity index (χ2n) is 5.09. The fraction of sp³-hybridized carbons (Fsp3) is 0.917. The molecule has 86 valence electrons. The first kappa shape index (κ1) is 10.9. The molecule has 2 bridgehead atoms. The van der Waals surface area contributed by atoms with Gasteiger partial charge in [-0.3, -0.25) is 4.79 Å². The van der Waals surface area contributed by atoms with Crippen molar-refractivity contribution in [2.24, 2.45) is 17.6 Å². The fourth-order valence-corrected chi connectivity index (χ4v) is 3.13. The molecule has 2 aliphatic carbocycles. The molecule has 3 heteroatoms. The molecule has 2 saturated carbocycles. The van der Waals surface area contributed by atoms with Gasteiger partial charge >= 0.3 is 0 Å². The Morgan fingerprint density at radius 2 is 2.13 bits per heavy atom. The quantitative estimate of drug-likeness (QED) is 0.674. The van der Waals surface area contributed by atoms with Gasteiger partial charge in [0.2, 0.25) is 5.91 Å². The van der Waals surface area contributed by atoms with Crippen LogP contribution in [0, 0.1) is 11.8 Å². The van der Waals surface area contributed by atoms with E-state index in [0.717, 1.165) is 24.7 Å². The van der Waals surface area contributed by atoms with Gasteiger partial charge in [0.1, 0.15) is 0 Å². The minimum absolute atomic E-state index is 0.237. The Bertz CT molecular complexity index is 230. The molecule has 0 aromatic heterocycles. The lowest BCUT2D eigenvalue weighted by atomic mass is 9.95. The highest BCUT2D eigenvalue weighted by Crippen LogP contribution is 2.44. The van der Waals surface area contributed by atoms with Gasteiger partial charge in [-0.15, -0.1) is 0 Å². The summed E-state index contributed by atoms with van der Waals surface area (Å²) < 4.78 is 0. The van der Waals surface area contributed by atoms with E-state index >= 15 is 0 Å². The lowest BCUT2D eigenvalue weighted by molar-refractivity contribution is -0.122. The highest BCUT2D eigenvalue weighted by molar-refractivity contribution is 5.76. The molecule has 0 aromatic carbocycles. The van der Waals surface area contributed by atoms with Gasteiger partial charge in [0.05, 0.1) is 0 Å². The van der Waals surface area contributed by atoms with Crippen LogP contribution < -0.4 is 11.1 Å². The number of hydrogen-bond acceptors (Lipinski definition) is 2. The zero-order chi connectivity index (χ0) is 10.7. The van der Waals surface area contributed by atoms with Gasteiger partial charge in [-0.25, -0.2) is 0 Å². The Hall–Kier alpha value is -0.570. The average molecular weight is 210 g/mol. The van der Waals surface area contributed by atoms with Gasteiger partial charge in [0.15, 0.2) is 0 Å². The summed E-state index contributed by atoms with van der Waals surface area (Å²) in [5, 5.41) is 3.19. The largest absolute Gasteiger partial charge is 0.353 e. The third kappa shape index (κ3) is 2.71. The Morgan fingerprint density at radius 3 is 2.73 bits per heavy atom. The van der Waals surface area contributed by atoms with Crippen molar-refractivity contribution in [3.63, 3.8) is 0 Å². The van der Waals surface area contributed by atoms with Gasteiger partial charge in [-0.1, -0.05) is 6.42 Å². The first-order valence-corrected chi connectivity index (χ1v) is 6.29. The maximum atomic E-state index is 11.6. The number of amides is 1. The number of carbonyl (C=O) groups is 1. The fourth-order valence-electron chi connectivity index (χ4n) is 3.13. The molecule has 0 aliphatic heterocycles. The summed E-state index contributed by atoms with van der Waals surface area (Å²) in [5.41, 5.74) is 5.40. The molecule has 0 saturated heterocycles. The smallest absolute Gasteiger partial charge is 0.220 e. The molecule has 0 spiro atoms. The molecule has 15 heavy (non-hydrogen) atoms. The standard InChI is InChI=1S/C12H22N2O/c13-6-2-1-3-12(15)14-11-8-9-4-5-10(11)7-9/h9-11H,1-8,13H2,(H,14,15). The van der Waals surface area contributed by atoms with Gasteiger partial charge in [0, 0.05) is 12.5 Å². The molecular weight excluding hydrogens is 188 g/mol. The minimum Gasteiger partial charge on any atom is -0.353 e. The number of hydrogen-bond donors (Lipinski definition) is 2. The minimum atomic E-state index is 0.237. The molecule has 3 N–H and O–H groups in total. The molecule has 0 radical (unpaired) electrons. The third-order valence-electron chi connectivity index (χ3n) is 3.94. The summed E-state index contributed by atoms with van der Waals surface area (Å²) >= 11 is 0. The normalized spacial score (nSPS) is 33.3. The first-order valence-electron chi connectivity index (χ1n) is 6.29. The Balaban J connectivity index is 1.66. The summed E-state index contributed by atoms with van der Waals surface area (Å²) in [4.78, 5) is 11.6. The van der Waals surface area contributed by atoms with Gasteiger partial charge < -0.3 is 11.1 Å². The van der Waals surface area contributed by atoms with Crippen molar-refractivity contribution in [3.8, 4) is 0 Å². The van der Waals surface area contributed by atoms with Crippen molar-refractivity contribution in [1.29, 1.82) is 0 Å². The van der Waals surface area contributed by atoms with E-state index in [1.807, 2.05) is 0 Å². The zero-order valence-corrected chi connectivity index (χ0v) is 9.37. The van der Waals surface area contributed by atoms with Crippen molar-refractivity contribution >= 4 is 5.91 Å². The highest BCUT2D eigenvalue weighted by Gasteiger charge is 2.39. The molecule has 3 nitrogen and oxygen atoms in total. The predicted octanol–water partition coefficient (Wildman–Crippen LogP) is 1.42. The number of rotatable bonds is 5. The molecule has 2 fully saturated rings. The summed E-state index contributed by atoms with van der Waals surface area (Å²) in [6, 6.07) is 0.495. The third-order valence-corrected chi connectivity index (χ3v) is 3.94. The molecule has 0 aromatic rings. The van der Waals surface area contributed by atoms with E-state index in [1.165, 1.54) is 25.7 Å². The van der Waals surface area contributed by atoms with E-state index in [-0.39, 0.29) is 5.91 Å². The van der Waals surface area contributed by atoms with Crippen LogP contribution in [0.5, 0.6) is 0 Å². The lowest BCUT2D eigenvalue weighted by Gasteiger charge is -2.22. The molecule has 2 rings (SSSR count). The average Bonchev–Trinajstić information content (AvgIpc) is 2.79. The topological polar surface area (TPSA) is 55.1 Å². The van der Waals surface area contributed by atoms with Crippen molar-refractivity contribution in [2.75, 3.05) is 6.54 Å². The number of nitrogens with one attached hydrogen (secondary N) is 1. The molecule has 1 amide bonds. The van der Waals surface area contributed by atoms with Gasteiger partial charge in [-0.05, 0) is 50.5 Å². The van der Waals surface area contributed by atoms with E-state index in [1.54, 1.807) is 0 Å². The molecule has 2 aliphatic rings. The summed E-state index contributed by atoms with van der Waals surface area (Å²) in [7, 11) is 0. The van der Waals surface area contributed by atoms with Gasteiger partial charge in [-0.2, -0.15) is 0 Å². The van der Waals surface area contributed by atoms with Crippen molar-refractivity contribution in [1.82, 2.24) is 5.32 Å². The number of fused-ring (bicyclic) bond motifs is 2. The predicted molar refractivity (Wildman–Crippen MR) is 60.3 cm³/mol. The van der Waals surface area contributed by atoms with Crippen LogP contribution in [0.3, 0.4) is 0 Å². The van der Waals surface area contributed by atoms with Crippen LogP contribution >= 0.6 is 0 Å². The van der Waals surface area contributed by atoms with E-state index in [2.05, 4.69) is 5.32 Å². The van der Waals surface area contributed by atoms with Crippen LogP contribution in [0.1, 0.15) is 44.9 Å². The number of unbranched alkanes of at least 4 members (excludes halogenated alkanes) is 1. The van der Waals surface area contributed by atoms with E-state index < -0.39 is 0 Å². The monoisotopic (exact) mass is 210 g/mol.